The van der Waals surface area contributed by atoms with Gasteiger partial charge in [0.2, 0.25) is 0 Å². The normalized spacial score (nSPS) is 16.6. The minimum atomic E-state index is -0.337. The summed E-state index contributed by atoms with van der Waals surface area (Å²) in [5.74, 6) is 1.22. The third-order valence-electron chi connectivity index (χ3n) is 6.07. The standard InChI is InChI=1S/C26H26N6O2/c27-16-32-12-1-2-13-34-23-11-9-18(19-8-10-21(29-15-19)17-6-7-17)14-20(23)26(33)31-24-5-3-4-22(30-24)25(32)28/h3-5,8-11,14-17,27-28H,1-2,6-7,12-13H2,(H,30,31,33). The van der Waals surface area contributed by atoms with E-state index < -0.39 is 0 Å². The summed E-state index contributed by atoms with van der Waals surface area (Å²) in [6.07, 6.45) is 6.86. The van der Waals surface area contributed by atoms with E-state index in [1.54, 1.807) is 18.2 Å². The van der Waals surface area contributed by atoms with Gasteiger partial charge in [0.05, 0.1) is 18.5 Å². The summed E-state index contributed by atoms with van der Waals surface area (Å²) < 4.78 is 5.98. The smallest absolute Gasteiger partial charge is 0.260 e. The van der Waals surface area contributed by atoms with Crippen LogP contribution >= 0.6 is 0 Å². The second-order valence-corrected chi connectivity index (χ2v) is 8.55. The number of aromatic nitrogens is 2. The van der Waals surface area contributed by atoms with E-state index in [1.165, 1.54) is 17.7 Å². The van der Waals surface area contributed by atoms with E-state index in [4.69, 9.17) is 15.6 Å². The molecule has 2 bridgehead atoms. The highest BCUT2D eigenvalue weighted by atomic mass is 16.5. The molecule has 0 saturated heterocycles. The predicted molar refractivity (Wildman–Crippen MR) is 131 cm³/mol. The molecule has 3 heterocycles. The molecule has 0 unspecified atom stereocenters. The summed E-state index contributed by atoms with van der Waals surface area (Å²) in [5, 5.41) is 18.9. The van der Waals surface area contributed by atoms with Crippen molar-refractivity contribution in [2.75, 3.05) is 18.5 Å². The number of nitrogens with one attached hydrogen (secondary N) is 3. The topological polar surface area (TPSA) is 115 Å². The summed E-state index contributed by atoms with van der Waals surface area (Å²) in [6.45, 7) is 0.944. The number of amidine groups is 1. The number of hydrogen-bond donors (Lipinski definition) is 3. The number of carbonyl (C=O) groups is 1. The molecule has 1 aromatic carbocycles. The fourth-order valence-electron chi connectivity index (χ4n) is 3.98. The molecule has 1 aliphatic carbocycles. The zero-order valence-electron chi connectivity index (χ0n) is 18.8. The third kappa shape index (κ3) is 4.66. The molecule has 0 spiro atoms. The van der Waals surface area contributed by atoms with Crippen LogP contribution in [0.15, 0.2) is 54.7 Å². The fraction of sp³-hybridized carbons (Fsp3) is 0.269. The zero-order chi connectivity index (χ0) is 23.5. The van der Waals surface area contributed by atoms with Gasteiger partial charge in [0, 0.05) is 29.9 Å². The first-order chi connectivity index (χ1) is 16.6. The number of carbonyl (C=O) groups excluding carboxylic acids is 1. The lowest BCUT2D eigenvalue weighted by Gasteiger charge is -2.20. The first-order valence-corrected chi connectivity index (χ1v) is 11.5. The van der Waals surface area contributed by atoms with Gasteiger partial charge in [-0.2, -0.15) is 0 Å². The molecule has 34 heavy (non-hydrogen) atoms. The zero-order valence-corrected chi connectivity index (χ0v) is 18.8. The molecule has 1 saturated carbocycles. The number of rotatable bonds is 3. The Morgan fingerprint density at radius 2 is 1.94 bits per heavy atom. The molecule has 1 fully saturated rings. The first-order valence-electron chi connectivity index (χ1n) is 11.5. The van der Waals surface area contributed by atoms with E-state index in [2.05, 4.69) is 27.4 Å². The molecule has 0 atom stereocenters. The van der Waals surface area contributed by atoms with Crippen molar-refractivity contribution < 1.29 is 9.53 Å². The molecular weight excluding hydrogens is 428 g/mol. The highest BCUT2D eigenvalue weighted by molar-refractivity contribution is 6.07. The molecule has 5 rings (SSSR count). The van der Waals surface area contributed by atoms with E-state index in [0.717, 1.165) is 36.0 Å². The molecular formula is C26H26N6O2. The Bertz CT molecular complexity index is 1240. The van der Waals surface area contributed by atoms with Gasteiger partial charge in [-0.1, -0.05) is 18.2 Å². The van der Waals surface area contributed by atoms with Crippen molar-refractivity contribution in [2.45, 2.75) is 31.6 Å². The molecule has 2 aromatic heterocycles. The fourth-order valence-corrected chi connectivity index (χ4v) is 3.98. The summed E-state index contributed by atoms with van der Waals surface area (Å²) in [6, 6.07) is 14.8. The van der Waals surface area contributed by atoms with E-state index >= 15 is 0 Å². The summed E-state index contributed by atoms with van der Waals surface area (Å²) in [5.41, 5.74) is 3.77. The largest absolute Gasteiger partial charge is 0.493 e. The number of pyridine rings is 2. The quantitative estimate of drug-likeness (QED) is 0.393. The van der Waals surface area contributed by atoms with Crippen LogP contribution in [0.25, 0.3) is 11.1 Å². The molecule has 8 nitrogen and oxygen atoms in total. The van der Waals surface area contributed by atoms with Crippen LogP contribution in [0, 0.1) is 10.8 Å². The maximum atomic E-state index is 13.3. The number of ether oxygens (including phenoxy) is 1. The van der Waals surface area contributed by atoms with Gasteiger partial charge >= 0.3 is 0 Å². The van der Waals surface area contributed by atoms with Gasteiger partial charge in [0.15, 0.2) is 5.84 Å². The second kappa shape index (κ2) is 9.43. The molecule has 3 N–H and O–H groups in total. The van der Waals surface area contributed by atoms with Crippen LogP contribution in [0.5, 0.6) is 5.75 Å². The van der Waals surface area contributed by atoms with Crippen molar-refractivity contribution in [3.05, 3.63) is 71.7 Å². The minimum absolute atomic E-state index is 0.119. The molecule has 2 aliphatic rings. The molecule has 0 radical (unpaired) electrons. The maximum Gasteiger partial charge on any atom is 0.260 e. The van der Waals surface area contributed by atoms with Gasteiger partial charge in [-0.05, 0) is 61.6 Å². The van der Waals surface area contributed by atoms with Crippen LogP contribution in [-0.2, 0) is 0 Å². The number of hydrogen-bond acceptors (Lipinski definition) is 6. The Morgan fingerprint density at radius 3 is 2.71 bits per heavy atom. The van der Waals surface area contributed by atoms with E-state index in [-0.39, 0.29) is 11.7 Å². The van der Waals surface area contributed by atoms with Gasteiger partial charge in [-0.3, -0.25) is 20.6 Å². The van der Waals surface area contributed by atoms with Crippen LogP contribution in [0.2, 0.25) is 0 Å². The lowest BCUT2D eigenvalue weighted by molar-refractivity contribution is 0.102. The average molecular weight is 455 g/mol. The van der Waals surface area contributed by atoms with Crippen molar-refractivity contribution in [1.29, 1.82) is 10.8 Å². The lowest BCUT2D eigenvalue weighted by atomic mass is 10.0. The van der Waals surface area contributed by atoms with E-state index in [0.29, 0.717) is 41.9 Å². The maximum absolute atomic E-state index is 13.3. The number of amides is 1. The van der Waals surface area contributed by atoms with Gasteiger partial charge < -0.3 is 15.0 Å². The van der Waals surface area contributed by atoms with Gasteiger partial charge in [0.25, 0.3) is 5.91 Å². The Kier molecular flexibility index (Phi) is 6.03. The Labute approximate surface area is 198 Å². The molecule has 1 aliphatic heterocycles. The number of nitrogens with zero attached hydrogens (tertiary/aromatic N) is 3. The number of anilines is 1. The third-order valence-corrected chi connectivity index (χ3v) is 6.07. The summed E-state index contributed by atoms with van der Waals surface area (Å²) in [7, 11) is 0. The predicted octanol–water partition coefficient (Wildman–Crippen LogP) is 4.68. The average Bonchev–Trinajstić information content (AvgIpc) is 3.71. The summed E-state index contributed by atoms with van der Waals surface area (Å²) >= 11 is 0. The highest BCUT2D eigenvalue weighted by Crippen LogP contribution is 2.39. The van der Waals surface area contributed by atoms with Gasteiger partial charge in [0.1, 0.15) is 17.3 Å². The van der Waals surface area contributed by atoms with E-state index in [9.17, 15) is 4.79 Å². The Morgan fingerprint density at radius 1 is 1.09 bits per heavy atom. The molecule has 3 aromatic rings. The van der Waals surface area contributed by atoms with Crippen molar-refractivity contribution >= 4 is 23.9 Å². The first kappa shape index (κ1) is 21.8. The van der Waals surface area contributed by atoms with Crippen LogP contribution in [0.1, 0.15) is 53.3 Å². The lowest BCUT2D eigenvalue weighted by Crippen LogP contribution is -2.31. The number of benzene rings is 1. The minimum Gasteiger partial charge on any atom is -0.493 e. The van der Waals surface area contributed by atoms with Crippen LogP contribution in [0.3, 0.4) is 0 Å². The van der Waals surface area contributed by atoms with Gasteiger partial charge in [-0.15, -0.1) is 0 Å². The Hall–Kier alpha value is -4.07. The monoisotopic (exact) mass is 454 g/mol. The highest BCUT2D eigenvalue weighted by Gasteiger charge is 2.24. The number of fused-ring (bicyclic) bond motifs is 3. The molecule has 8 heteroatoms. The van der Waals surface area contributed by atoms with Gasteiger partial charge in [-0.25, -0.2) is 4.98 Å². The van der Waals surface area contributed by atoms with Crippen LogP contribution in [0.4, 0.5) is 5.82 Å². The molecule has 172 valence electrons. The summed E-state index contributed by atoms with van der Waals surface area (Å²) in [4.78, 5) is 23.8. The SMILES string of the molecule is N=CN1CCCCOc2ccc(-c3ccc(C4CC4)nc3)cc2C(=O)Nc2cccc(n2)C1=N. The van der Waals surface area contributed by atoms with Crippen molar-refractivity contribution in [3.8, 4) is 16.9 Å². The second-order valence-electron chi connectivity index (χ2n) is 8.55. The van der Waals surface area contributed by atoms with Crippen molar-refractivity contribution in [2.24, 2.45) is 0 Å². The van der Waals surface area contributed by atoms with Crippen LogP contribution < -0.4 is 10.1 Å². The van der Waals surface area contributed by atoms with Crippen molar-refractivity contribution in [3.63, 3.8) is 0 Å². The van der Waals surface area contributed by atoms with E-state index in [1.807, 2.05) is 24.4 Å². The Balaban J connectivity index is 1.47. The molecule has 1 amide bonds. The van der Waals surface area contributed by atoms with Crippen LogP contribution in [-0.4, -0.2) is 46.1 Å². The van der Waals surface area contributed by atoms with Crippen molar-refractivity contribution in [1.82, 2.24) is 14.9 Å².